The van der Waals surface area contributed by atoms with Crippen LogP contribution in [0.25, 0.3) is 0 Å². The zero-order valence-electron chi connectivity index (χ0n) is 10.9. The Balaban J connectivity index is 1.80. The van der Waals surface area contributed by atoms with E-state index in [1.165, 1.54) is 0 Å². The van der Waals surface area contributed by atoms with E-state index in [-0.39, 0.29) is 12.6 Å². The van der Waals surface area contributed by atoms with Gasteiger partial charge in [0, 0.05) is 6.54 Å². The molecule has 0 bridgehead atoms. The molecule has 3 atom stereocenters. The third-order valence-electron chi connectivity index (χ3n) is 3.25. The van der Waals surface area contributed by atoms with E-state index in [9.17, 15) is 14.7 Å². The topological polar surface area (TPSA) is 95.9 Å². The van der Waals surface area contributed by atoms with Crippen molar-refractivity contribution in [2.45, 2.75) is 31.2 Å². The van der Waals surface area contributed by atoms with Crippen LogP contribution >= 0.6 is 0 Å². The quantitative estimate of drug-likeness (QED) is 0.728. The maximum absolute atomic E-state index is 11.8. The number of carbonyl (C=O) groups is 2. The Morgan fingerprint density at radius 1 is 1.30 bits per heavy atom. The Kier molecular flexibility index (Phi) is 4.70. The van der Waals surface area contributed by atoms with Gasteiger partial charge in [0.05, 0.1) is 6.10 Å². The number of carboxylic acid groups (broad SMARTS) is 1. The van der Waals surface area contributed by atoms with Gasteiger partial charge in [0.25, 0.3) is 5.91 Å². The van der Waals surface area contributed by atoms with Crippen LogP contribution in [0.1, 0.15) is 24.5 Å². The highest BCUT2D eigenvalue weighted by Gasteiger charge is 2.30. The van der Waals surface area contributed by atoms with Crippen LogP contribution in [-0.2, 0) is 14.3 Å². The fourth-order valence-corrected chi connectivity index (χ4v) is 2.14. The lowest BCUT2D eigenvalue weighted by atomic mass is 10.1. The van der Waals surface area contributed by atoms with Crippen molar-refractivity contribution in [3.8, 4) is 0 Å². The molecular formula is C14H17NO5. The first-order valence-corrected chi connectivity index (χ1v) is 6.47. The van der Waals surface area contributed by atoms with E-state index in [4.69, 9.17) is 9.84 Å². The second kappa shape index (κ2) is 6.49. The van der Waals surface area contributed by atoms with Crippen LogP contribution < -0.4 is 5.32 Å². The van der Waals surface area contributed by atoms with Crippen molar-refractivity contribution in [3.05, 3.63) is 35.9 Å². The second-order valence-electron chi connectivity index (χ2n) is 4.72. The number of benzene rings is 1. The number of ether oxygens (including phenoxy) is 1. The molecule has 6 nitrogen and oxygen atoms in total. The normalized spacial score (nSPS) is 23.2. The van der Waals surface area contributed by atoms with Crippen LogP contribution in [0, 0.1) is 0 Å². The molecule has 1 aliphatic rings. The van der Waals surface area contributed by atoms with Gasteiger partial charge in [0.1, 0.15) is 0 Å². The standard InChI is InChI=1S/C14H17NO5/c16-12(9-4-2-1-3-5-9)13(17)15-8-10-6-7-11(20-10)14(18)19/h1-5,10-12,16H,6-8H2,(H,15,17)(H,18,19). The molecule has 0 saturated carbocycles. The highest BCUT2D eigenvalue weighted by Crippen LogP contribution is 2.19. The lowest BCUT2D eigenvalue weighted by molar-refractivity contribution is -0.149. The number of rotatable bonds is 5. The van der Waals surface area contributed by atoms with Crippen molar-refractivity contribution < 1.29 is 24.5 Å². The summed E-state index contributed by atoms with van der Waals surface area (Å²) in [4.78, 5) is 22.5. The smallest absolute Gasteiger partial charge is 0.332 e. The molecule has 1 aliphatic heterocycles. The van der Waals surface area contributed by atoms with Gasteiger partial charge in [0.15, 0.2) is 12.2 Å². The predicted molar refractivity (Wildman–Crippen MR) is 69.9 cm³/mol. The molecule has 1 fully saturated rings. The Morgan fingerprint density at radius 3 is 2.60 bits per heavy atom. The van der Waals surface area contributed by atoms with Crippen LogP contribution in [0.15, 0.2) is 30.3 Å². The summed E-state index contributed by atoms with van der Waals surface area (Å²) in [5, 5.41) is 21.2. The minimum atomic E-state index is -1.23. The number of hydrogen-bond acceptors (Lipinski definition) is 4. The molecule has 0 aliphatic carbocycles. The monoisotopic (exact) mass is 279 g/mol. The molecule has 20 heavy (non-hydrogen) atoms. The van der Waals surface area contributed by atoms with Crippen LogP contribution in [0.3, 0.4) is 0 Å². The van der Waals surface area contributed by atoms with Gasteiger partial charge in [-0.25, -0.2) is 4.79 Å². The number of carbonyl (C=O) groups excluding carboxylic acids is 1. The van der Waals surface area contributed by atoms with E-state index in [0.717, 1.165) is 0 Å². The summed E-state index contributed by atoms with van der Waals surface area (Å²) < 4.78 is 5.26. The van der Waals surface area contributed by atoms with Gasteiger partial charge in [-0.15, -0.1) is 0 Å². The number of aliphatic hydroxyl groups is 1. The van der Waals surface area contributed by atoms with Crippen LogP contribution in [-0.4, -0.2) is 40.8 Å². The van der Waals surface area contributed by atoms with Crippen molar-refractivity contribution in [2.24, 2.45) is 0 Å². The van der Waals surface area contributed by atoms with E-state index in [1.807, 2.05) is 0 Å². The zero-order chi connectivity index (χ0) is 14.5. The van der Waals surface area contributed by atoms with Crippen LogP contribution in [0.2, 0.25) is 0 Å². The average molecular weight is 279 g/mol. The number of carboxylic acids is 1. The van der Waals surface area contributed by atoms with Gasteiger partial charge in [-0.1, -0.05) is 30.3 Å². The SMILES string of the molecule is O=C(O)C1CCC(CNC(=O)C(O)c2ccccc2)O1. The van der Waals surface area contributed by atoms with Gasteiger partial charge >= 0.3 is 5.97 Å². The molecule has 3 N–H and O–H groups in total. The second-order valence-corrected chi connectivity index (χ2v) is 4.72. The van der Waals surface area contributed by atoms with Gasteiger partial charge in [-0.3, -0.25) is 4.79 Å². The van der Waals surface area contributed by atoms with E-state index >= 15 is 0 Å². The van der Waals surface area contributed by atoms with E-state index in [1.54, 1.807) is 30.3 Å². The molecule has 1 saturated heterocycles. The maximum Gasteiger partial charge on any atom is 0.332 e. The average Bonchev–Trinajstić information content (AvgIpc) is 2.94. The molecule has 1 aromatic carbocycles. The molecule has 1 amide bonds. The summed E-state index contributed by atoms with van der Waals surface area (Å²) >= 11 is 0. The molecular weight excluding hydrogens is 262 g/mol. The molecule has 1 aromatic rings. The lowest BCUT2D eigenvalue weighted by Gasteiger charge is -2.15. The lowest BCUT2D eigenvalue weighted by Crippen LogP contribution is -2.36. The first kappa shape index (κ1) is 14.5. The predicted octanol–water partition coefficient (Wildman–Crippen LogP) is 0.468. The van der Waals surface area contributed by atoms with Crippen LogP contribution in [0.4, 0.5) is 0 Å². The molecule has 1 heterocycles. The molecule has 108 valence electrons. The Bertz CT molecular complexity index is 476. The Morgan fingerprint density at radius 2 is 2.00 bits per heavy atom. The number of aliphatic carboxylic acids is 1. The first-order valence-electron chi connectivity index (χ1n) is 6.47. The highest BCUT2D eigenvalue weighted by atomic mass is 16.5. The zero-order valence-corrected chi connectivity index (χ0v) is 10.9. The fraction of sp³-hybridized carbons (Fsp3) is 0.429. The summed E-state index contributed by atoms with van der Waals surface area (Å²) in [6.45, 7) is 0.201. The summed E-state index contributed by atoms with van der Waals surface area (Å²) in [7, 11) is 0. The first-order chi connectivity index (χ1) is 9.58. The Hall–Kier alpha value is -1.92. The summed E-state index contributed by atoms with van der Waals surface area (Å²) in [5.41, 5.74) is 0.515. The summed E-state index contributed by atoms with van der Waals surface area (Å²) in [5.74, 6) is -1.50. The molecule has 0 spiro atoms. The van der Waals surface area contributed by atoms with Gasteiger partial charge in [-0.2, -0.15) is 0 Å². The summed E-state index contributed by atoms with van der Waals surface area (Å²) in [6, 6.07) is 8.60. The van der Waals surface area contributed by atoms with E-state index in [2.05, 4.69) is 5.32 Å². The fourth-order valence-electron chi connectivity index (χ4n) is 2.14. The van der Waals surface area contributed by atoms with Gasteiger partial charge in [0.2, 0.25) is 0 Å². The third-order valence-corrected chi connectivity index (χ3v) is 3.25. The molecule has 2 rings (SSSR count). The van der Waals surface area contributed by atoms with E-state index < -0.39 is 24.1 Å². The van der Waals surface area contributed by atoms with Crippen molar-refractivity contribution in [1.82, 2.24) is 5.32 Å². The number of nitrogens with one attached hydrogen (secondary N) is 1. The van der Waals surface area contributed by atoms with Crippen molar-refractivity contribution in [3.63, 3.8) is 0 Å². The van der Waals surface area contributed by atoms with Crippen molar-refractivity contribution in [1.29, 1.82) is 0 Å². The number of hydrogen-bond donors (Lipinski definition) is 3. The molecule has 0 aromatic heterocycles. The molecule has 0 radical (unpaired) electrons. The maximum atomic E-state index is 11.8. The molecule has 6 heteroatoms. The van der Waals surface area contributed by atoms with Gasteiger partial charge < -0.3 is 20.3 Å². The Labute approximate surface area is 116 Å². The van der Waals surface area contributed by atoms with Crippen molar-refractivity contribution >= 4 is 11.9 Å². The highest BCUT2D eigenvalue weighted by molar-refractivity contribution is 5.81. The minimum absolute atomic E-state index is 0.201. The third kappa shape index (κ3) is 3.55. The minimum Gasteiger partial charge on any atom is -0.479 e. The molecule has 3 unspecified atom stereocenters. The number of aliphatic hydroxyl groups excluding tert-OH is 1. The van der Waals surface area contributed by atoms with Crippen LogP contribution in [0.5, 0.6) is 0 Å². The van der Waals surface area contributed by atoms with E-state index in [0.29, 0.717) is 18.4 Å². The van der Waals surface area contributed by atoms with Gasteiger partial charge in [-0.05, 0) is 18.4 Å². The summed E-state index contributed by atoms with van der Waals surface area (Å²) in [6.07, 6.45) is -1.32. The largest absolute Gasteiger partial charge is 0.479 e. The number of amides is 1. The van der Waals surface area contributed by atoms with Crippen molar-refractivity contribution in [2.75, 3.05) is 6.54 Å².